The van der Waals surface area contributed by atoms with Crippen molar-refractivity contribution in [1.82, 2.24) is 0 Å². The van der Waals surface area contributed by atoms with Crippen LogP contribution < -0.4 is 9.47 Å². The van der Waals surface area contributed by atoms with Gasteiger partial charge in [-0.2, -0.15) is 0 Å². The Bertz CT molecular complexity index is 677. The summed E-state index contributed by atoms with van der Waals surface area (Å²) in [6.45, 7) is 0.289. The number of carbonyl (C=O) groups excluding carboxylic acids is 1. The van der Waals surface area contributed by atoms with Crippen molar-refractivity contribution < 1.29 is 22.7 Å². The lowest BCUT2D eigenvalue weighted by Crippen LogP contribution is -2.45. The Morgan fingerprint density at radius 2 is 1.75 bits per heavy atom. The molecule has 3 rings (SSSR count). The second kappa shape index (κ2) is 7.13. The highest BCUT2D eigenvalue weighted by Gasteiger charge is 2.45. The predicted octanol–water partition coefficient (Wildman–Crippen LogP) is 2.78. The number of para-hydroxylation sites is 2. The molecule has 0 radical (unpaired) electrons. The lowest BCUT2D eigenvalue weighted by molar-refractivity contribution is -0.124. The lowest BCUT2D eigenvalue weighted by atomic mass is 9.86. The number of ketones is 1. The van der Waals surface area contributed by atoms with Crippen LogP contribution in [-0.2, 0) is 14.6 Å². The summed E-state index contributed by atoms with van der Waals surface area (Å²) in [5, 5.41) is -0.622. The van der Waals surface area contributed by atoms with Crippen molar-refractivity contribution in [2.45, 2.75) is 49.0 Å². The minimum atomic E-state index is -3.00. The Morgan fingerprint density at radius 3 is 2.38 bits per heavy atom. The summed E-state index contributed by atoms with van der Waals surface area (Å²) < 4.78 is 35.4. The number of fused-ring (bicyclic) bond motifs is 2. The Morgan fingerprint density at radius 1 is 1.12 bits per heavy atom. The van der Waals surface area contributed by atoms with Gasteiger partial charge in [0, 0.05) is 12.3 Å². The molecule has 2 atom stereocenters. The van der Waals surface area contributed by atoms with Crippen molar-refractivity contribution in [3.63, 3.8) is 0 Å². The van der Waals surface area contributed by atoms with Crippen molar-refractivity contribution in [3.05, 3.63) is 24.3 Å². The molecule has 5 nitrogen and oxygen atoms in total. The van der Waals surface area contributed by atoms with Crippen LogP contribution in [0.5, 0.6) is 11.5 Å². The molecule has 2 aliphatic heterocycles. The third kappa shape index (κ3) is 3.43. The molecule has 2 aliphatic rings. The fraction of sp³-hybridized carbons (Fsp3) is 0.611. The maximum atomic E-state index is 12.5. The number of methoxy groups -OCH3 is 1. The van der Waals surface area contributed by atoms with Gasteiger partial charge in [0.15, 0.2) is 21.3 Å². The number of Topliss-reactive ketones (excluding diaryl/α,β-unsaturated/α-hetero) is 1. The highest BCUT2D eigenvalue weighted by molar-refractivity contribution is 7.92. The highest BCUT2D eigenvalue weighted by Crippen LogP contribution is 2.40. The molecule has 0 spiro atoms. The van der Waals surface area contributed by atoms with Gasteiger partial charge in [0.1, 0.15) is 5.78 Å². The van der Waals surface area contributed by atoms with Gasteiger partial charge in [0.05, 0.1) is 24.2 Å². The molecule has 2 fully saturated rings. The number of ether oxygens (including phenoxy) is 2. The molecule has 0 aromatic heterocycles. The van der Waals surface area contributed by atoms with Crippen molar-refractivity contribution in [2.75, 3.05) is 13.7 Å². The standard InChI is InChI=1S/C18H24O5S/c1-22-17-7-2-3-8-18(17)23-10-9-16(19)13-11-14-5-4-6-15(12-13)24(14,20)21/h2-3,7-8,13-15H,4-6,9-12H2,1H3. The van der Waals surface area contributed by atoms with E-state index in [0.717, 1.165) is 6.42 Å². The first-order valence-electron chi connectivity index (χ1n) is 8.53. The Labute approximate surface area is 143 Å². The summed E-state index contributed by atoms with van der Waals surface area (Å²) in [4.78, 5) is 12.5. The normalized spacial score (nSPS) is 28.1. The van der Waals surface area contributed by atoms with E-state index in [4.69, 9.17) is 9.47 Å². The molecule has 0 N–H and O–H groups in total. The average Bonchev–Trinajstić information content (AvgIpc) is 2.54. The molecule has 6 heteroatoms. The van der Waals surface area contributed by atoms with Crippen LogP contribution in [0.3, 0.4) is 0 Å². The van der Waals surface area contributed by atoms with Crippen LogP contribution in [0.15, 0.2) is 24.3 Å². The maximum absolute atomic E-state index is 12.5. The molecule has 0 amide bonds. The minimum absolute atomic E-state index is 0.122. The quantitative estimate of drug-likeness (QED) is 0.787. The van der Waals surface area contributed by atoms with Gasteiger partial charge in [-0.1, -0.05) is 18.6 Å². The third-order valence-corrected chi connectivity index (χ3v) is 7.92. The SMILES string of the molecule is COc1ccccc1OCCC(=O)C1CC2CCCC(C1)S2(=O)=O. The molecule has 2 bridgehead atoms. The van der Waals surface area contributed by atoms with Gasteiger partial charge in [-0.3, -0.25) is 4.79 Å². The molecular weight excluding hydrogens is 328 g/mol. The molecule has 2 heterocycles. The van der Waals surface area contributed by atoms with E-state index >= 15 is 0 Å². The molecule has 1 aromatic rings. The largest absolute Gasteiger partial charge is 0.493 e. The molecular formula is C18H24O5S. The second-order valence-corrected chi connectivity index (χ2v) is 9.16. The van der Waals surface area contributed by atoms with Gasteiger partial charge in [-0.05, 0) is 37.8 Å². The molecule has 132 valence electrons. The van der Waals surface area contributed by atoms with E-state index in [1.165, 1.54) is 0 Å². The summed E-state index contributed by atoms with van der Waals surface area (Å²) >= 11 is 0. The number of carbonyl (C=O) groups is 1. The lowest BCUT2D eigenvalue weighted by Gasteiger charge is -2.38. The van der Waals surface area contributed by atoms with Crippen LogP contribution in [0.1, 0.15) is 38.5 Å². The first kappa shape index (κ1) is 17.3. The van der Waals surface area contributed by atoms with E-state index in [0.29, 0.717) is 43.6 Å². The molecule has 2 unspecified atom stereocenters. The van der Waals surface area contributed by atoms with E-state index in [-0.39, 0.29) is 28.8 Å². The molecule has 0 aliphatic carbocycles. The topological polar surface area (TPSA) is 69.7 Å². The number of rotatable bonds is 6. The minimum Gasteiger partial charge on any atom is -0.493 e. The summed E-state index contributed by atoms with van der Waals surface area (Å²) in [5.41, 5.74) is 0. The van der Waals surface area contributed by atoms with Gasteiger partial charge in [-0.25, -0.2) is 8.42 Å². The van der Waals surface area contributed by atoms with Crippen LogP contribution in [0, 0.1) is 5.92 Å². The van der Waals surface area contributed by atoms with Crippen molar-refractivity contribution in [3.8, 4) is 11.5 Å². The fourth-order valence-corrected chi connectivity index (χ4v) is 6.41. The zero-order valence-corrected chi connectivity index (χ0v) is 14.8. The first-order valence-corrected chi connectivity index (χ1v) is 10.1. The van der Waals surface area contributed by atoms with Crippen molar-refractivity contribution in [1.29, 1.82) is 0 Å². The van der Waals surface area contributed by atoms with Gasteiger partial charge in [0.2, 0.25) is 0 Å². The van der Waals surface area contributed by atoms with E-state index < -0.39 is 9.84 Å². The number of sulfone groups is 1. The van der Waals surface area contributed by atoms with Crippen LogP contribution in [0.25, 0.3) is 0 Å². The van der Waals surface area contributed by atoms with Crippen molar-refractivity contribution in [2.24, 2.45) is 5.92 Å². The summed E-state index contributed by atoms with van der Waals surface area (Å²) in [6.07, 6.45) is 3.67. The zero-order chi connectivity index (χ0) is 17.2. The van der Waals surface area contributed by atoms with Gasteiger partial charge < -0.3 is 9.47 Å². The van der Waals surface area contributed by atoms with E-state index in [9.17, 15) is 13.2 Å². The van der Waals surface area contributed by atoms with Gasteiger partial charge in [0.25, 0.3) is 0 Å². The first-order chi connectivity index (χ1) is 11.5. The average molecular weight is 352 g/mol. The van der Waals surface area contributed by atoms with Crippen molar-refractivity contribution >= 4 is 15.6 Å². The molecule has 24 heavy (non-hydrogen) atoms. The summed E-state index contributed by atoms with van der Waals surface area (Å²) in [5.74, 6) is 1.25. The zero-order valence-electron chi connectivity index (χ0n) is 13.9. The number of hydrogen-bond donors (Lipinski definition) is 0. The highest BCUT2D eigenvalue weighted by atomic mass is 32.2. The number of benzene rings is 1. The van der Waals surface area contributed by atoms with E-state index in [2.05, 4.69) is 0 Å². The molecule has 0 saturated carbocycles. The van der Waals surface area contributed by atoms with Crippen LogP contribution >= 0.6 is 0 Å². The Hall–Kier alpha value is -1.56. The van der Waals surface area contributed by atoms with Crippen LogP contribution in [-0.4, -0.2) is 38.4 Å². The van der Waals surface area contributed by atoms with Gasteiger partial charge >= 0.3 is 0 Å². The Kier molecular flexibility index (Phi) is 5.13. The third-order valence-electron chi connectivity index (χ3n) is 5.21. The maximum Gasteiger partial charge on any atom is 0.161 e. The molecule has 1 aromatic carbocycles. The summed E-state index contributed by atoms with van der Waals surface area (Å²) in [6, 6.07) is 7.33. The van der Waals surface area contributed by atoms with Crippen LogP contribution in [0.2, 0.25) is 0 Å². The molecule has 2 saturated heterocycles. The van der Waals surface area contributed by atoms with Crippen LogP contribution in [0.4, 0.5) is 0 Å². The summed E-state index contributed by atoms with van der Waals surface area (Å²) in [7, 11) is -1.43. The monoisotopic (exact) mass is 352 g/mol. The Balaban J connectivity index is 1.55. The smallest absolute Gasteiger partial charge is 0.161 e. The van der Waals surface area contributed by atoms with E-state index in [1.54, 1.807) is 13.2 Å². The second-order valence-electron chi connectivity index (χ2n) is 6.65. The predicted molar refractivity (Wildman–Crippen MR) is 91.2 cm³/mol. The van der Waals surface area contributed by atoms with Gasteiger partial charge in [-0.15, -0.1) is 0 Å². The number of hydrogen-bond acceptors (Lipinski definition) is 5. The van der Waals surface area contributed by atoms with E-state index in [1.807, 2.05) is 18.2 Å². The fourth-order valence-electron chi connectivity index (χ4n) is 3.88.